The third-order valence-corrected chi connectivity index (χ3v) is 6.56. The lowest BCUT2D eigenvalue weighted by atomic mass is 9.88. The lowest BCUT2D eigenvalue weighted by Gasteiger charge is -2.23. The number of rotatable bonds is 7. The number of hydrogen-bond donors (Lipinski definition) is 1. The molecule has 1 aliphatic rings. The van der Waals surface area contributed by atoms with Crippen molar-refractivity contribution in [2.24, 2.45) is 0 Å². The van der Waals surface area contributed by atoms with Crippen LogP contribution in [0.1, 0.15) is 27.9 Å². The van der Waals surface area contributed by atoms with Gasteiger partial charge < -0.3 is 19.5 Å². The fraction of sp³-hybridized carbons (Fsp3) is 0.200. The zero-order valence-electron chi connectivity index (χ0n) is 18.0. The van der Waals surface area contributed by atoms with E-state index in [4.69, 9.17) is 21.1 Å². The summed E-state index contributed by atoms with van der Waals surface area (Å²) in [5, 5.41) is 12.1. The Balaban J connectivity index is 1.70. The Morgan fingerprint density at radius 3 is 2.48 bits per heavy atom. The van der Waals surface area contributed by atoms with Crippen molar-refractivity contribution >= 4 is 44.9 Å². The van der Waals surface area contributed by atoms with Crippen LogP contribution in [-0.2, 0) is 16.9 Å². The molecular weight excluding hydrogens is 510 g/mol. The Hall–Kier alpha value is -2.87. The number of benzene rings is 3. The summed E-state index contributed by atoms with van der Waals surface area (Å²) in [6.45, 7) is 0.167. The minimum atomic E-state index is -2.02. The van der Waals surface area contributed by atoms with Crippen molar-refractivity contribution in [3.8, 4) is 11.5 Å². The maximum atomic E-state index is 13.5. The smallest absolute Gasteiger partial charge is 0.264 e. The Morgan fingerprint density at radius 2 is 1.79 bits per heavy atom. The molecule has 1 N–H and O–H groups in total. The van der Waals surface area contributed by atoms with E-state index >= 15 is 0 Å². The Kier molecular flexibility index (Phi) is 6.47. The van der Waals surface area contributed by atoms with Crippen molar-refractivity contribution in [2.45, 2.75) is 18.6 Å². The van der Waals surface area contributed by atoms with Crippen molar-refractivity contribution in [3.05, 3.63) is 86.8 Å². The molecule has 1 unspecified atom stereocenters. The molecule has 0 bridgehead atoms. The highest BCUT2D eigenvalue weighted by molar-refractivity contribution is 9.10. The van der Waals surface area contributed by atoms with Gasteiger partial charge >= 0.3 is 0 Å². The van der Waals surface area contributed by atoms with Crippen LogP contribution < -0.4 is 14.4 Å². The van der Waals surface area contributed by atoms with E-state index in [0.29, 0.717) is 37.8 Å². The topological polar surface area (TPSA) is 76.1 Å². The van der Waals surface area contributed by atoms with E-state index < -0.39 is 23.7 Å². The van der Waals surface area contributed by atoms with Gasteiger partial charge in [-0.3, -0.25) is 9.59 Å². The molecule has 3 aromatic rings. The monoisotopic (exact) mass is 529 g/mol. The van der Waals surface area contributed by atoms with Crippen LogP contribution in [0.4, 0.5) is 5.69 Å². The van der Waals surface area contributed by atoms with Crippen LogP contribution in [0.3, 0.4) is 0 Å². The summed E-state index contributed by atoms with van der Waals surface area (Å²) in [5.74, 6) is -0.122. The Labute approximate surface area is 204 Å². The number of carbonyl (C=O) groups is 2. The lowest BCUT2D eigenvalue weighted by molar-refractivity contribution is -0.136. The molecule has 0 saturated carbocycles. The maximum Gasteiger partial charge on any atom is 0.264 e. The highest BCUT2D eigenvalue weighted by Crippen LogP contribution is 2.45. The molecule has 0 saturated heterocycles. The van der Waals surface area contributed by atoms with E-state index in [1.54, 1.807) is 42.5 Å². The molecule has 1 aliphatic heterocycles. The summed E-state index contributed by atoms with van der Waals surface area (Å²) in [7, 11) is 2.97. The molecule has 0 aliphatic carbocycles. The molecule has 1 amide bonds. The lowest BCUT2D eigenvalue weighted by Crippen LogP contribution is -2.41. The molecule has 0 aromatic heterocycles. The largest absolute Gasteiger partial charge is 0.493 e. The number of Topliss-reactive ketones (excluding diaryl/α,β-unsaturated/α-hetero) is 1. The van der Waals surface area contributed by atoms with Crippen LogP contribution in [0, 0.1) is 0 Å². The number of anilines is 1. The number of fused-ring (bicyclic) bond motifs is 1. The summed E-state index contributed by atoms with van der Waals surface area (Å²) in [6, 6.07) is 17.1. The number of methoxy groups -OCH3 is 2. The molecule has 1 heterocycles. The second kappa shape index (κ2) is 9.17. The zero-order chi connectivity index (χ0) is 23.8. The molecule has 6 nitrogen and oxygen atoms in total. The van der Waals surface area contributed by atoms with Gasteiger partial charge in [0.2, 0.25) is 0 Å². The zero-order valence-corrected chi connectivity index (χ0v) is 20.3. The predicted molar refractivity (Wildman–Crippen MR) is 129 cm³/mol. The number of hydrogen-bond acceptors (Lipinski definition) is 5. The molecule has 4 rings (SSSR count). The van der Waals surface area contributed by atoms with Crippen LogP contribution >= 0.6 is 27.5 Å². The first kappa shape index (κ1) is 23.3. The van der Waals surface area contributed by atoms with Crippen molar-refractivity contribution in [3.63, 3.8) is 0 Å². The summed E-state index contributed by atoms with van der Waals surface area (Å²) in [5.41, 5.74) is -0.0924. The third-order valence-electron chi connectivity index (χ3n) is 5.70. The van der Waals surface area contributed by atoms with Gasteiger partial charge in [-0.25, -0.2) is 0 Å². The minimum absolute atomic E-state index is 0.167. The van der Waals surface area contributed by atoms with E-state index in [1.165, 1.54) is 25.2 Å². The van der Waals surface area contributed by atoms with Gasteiger partial charge in [0.25, 0.3) is 5.91 Å². The van der Waals surface area contributed by atoms with E-state index in [0.717, 1.165) is 5.56 Å². The highest BCUT2D eigenvalue weighted by atomic mass is 79.9. The average Bonchev–Trinajstić information content (AvgIpc) is 3.01. The molecule has 1 atom stereocenters. The fourth-order valence-corrected chi connectivity index (χ4v) is 4.55. The van der Waals surface area contributed by atoms with E-state index in [1.807, 2.05) is 12.1 Å². The van der Waals surface area contributed by atoms with Crippen molar-refractivity contribution in [1.29, 1.82) is 0 Å². The van der Waals surface area contributed by atoms with Gasteiger partial charge in [-0.05, 0) is 48.0 Å². The second-order valence-corrected chi connectivity index (χ2v) is 9.00. The first-order chi connectivity index (χ1) is 15.8. The van der Waals surface area contributed by atoms with Crippen LogP contribution in [0.2, 0.25) is 5.02 Å². The number of halogens is 2. The summed E-state index contributed by atoms with van der Waals surface area (Å²) in [6.07, 6.45) is -0.427. The summed E-state index contributed by atoms with van der Waals surface area (Å²) in [4.78, 5) is 28.2. The van der Waals surface area contributed by atoms with Crippen molar-refractivity contribution in [1.82, 2.24) is 0 Å². The molecule has 3 aromatic carbocycles. The van der Waals surface area contributed by atoms with Gasteiger partial charge in [0.1, 0.15) is 0 Å². The van der Waals surface area contributed by atoms with Gasteiger partial charge in [-0.2, -0.15) is 0 Å². The standard InChI is InChI=1S/C25H21BrClNO5/c1-32-22-10-7-15(11-23(22)33-2)21(29)13-25(31)18-12-17(26)8-9-20(18)28(24(25)30)14-16-5-3-4-6-19(16)27/h3-12,31H,13-14H2,1-2H3. The van der Waals surface area contributed by atoms with E-state index in [-0.39, 0.29) is 6.54 Å². The number of amides is 1. The van der Waals surface area contributed by atoms with Gasteiger partial charge in [0, 0.05) is 20.6 Å². The van der Waals surface area contributed by atoms with Crippen LogP contribution in [-0.4, -0.2) is 31.0 Å². The number of ketones is 1. The number of aliphatic hydroxyl groups is 1. The molecule has 33 heavy (non-hydrogen) atoms. The Morgan fingerprint density at radius 1 is 1.06 bits per heavy atom. The highest BCUT2D eigenvalue weighted by Gasteiger charge is 2.51. The first-order valence-corrected chi connectivity index (χ1v) is 11.3. The van der Waals surface area contributed by atoms with Gasteiger partial charge in [-0.1, -0.05) is 45.7 Å². The minimum Gasteiger partial charge on any atom is -0.493 e. The number of carbonyl (C=O) groups excluding carboxylic acids is 2. The van der Waals surface area contributed by atoms with Gasteiger partial charge in [0.15, 0.2) is 22.9 Å². The van der Waals surface area contributed by atoms with Crippen LogP contribution in [0.25, 0.3) is 0 Å². The van der Waals surface area contributed by atoms with Crippen molar-refractivity contribution in [2.75, 3.05) is 19.1 Å². The fourth-order valence-electron chi connectivity index (χ4n) is 3.99. The normalized spacial score (nSPS) is 17.1. The number of nitrogens with zero attached hydrogens (tertiary/aromatic N) is 1. The molecule has 170 valence electrons. The molecule has 0 fully saturated rings. The second-order valence-electron chi connectivity index (χ2n) is 7.67. The summed E-state index contributed by atoms with van der Waals surface area (Å²) >= 11 is 9.71. The van der Waals surface area contributed by atoms with E-state index in [9.17, 15) is 14.7 Å². The summed E-state index contributed by atoms with van der Waals surface area (Å²) < 4.78 is 11.2. The van der Waals surface area contributed by atoms with Gasteiger partial charge in [0.05, 0.1) is 32.9 Å². The number of ether oxygens (including phenoxy) is 2. The van der Waals surface area contributed by atoms with Crippen LogP contribution in [0.5, 0.6) is 11.5 Å². The Bertz CT molecular complexity index is 1250. The average molecular weight is 531 g/mol. The van der Waals surface area contributed by atoms with E-state index in [2.05, 4.69) is 15.9 Å². The maximum absolute atomic E-state index is 13.5. The van der Waals surface area contributed by atoms with Crippen LogP contribution in [0.15, 0.2) is 65.1 Å². The quantitative estimate of drug-likeness (QED) is 0.429. The SMILES string of the molecule is COc1ccc(C(=O)CC2(O)C(=O)N(Cc3ccccc3Cl)c3ccc(Br)cc32)cc1OC. The first-order valence-electron chi connectivity index (χ1n) is 10.1. The molecular formula is C25H21BrClNO5. The molecule has 8 heteroatoms. The van der Waals surface area contributed by atoms with Gasteiger partial charge in [-0.15, -0.1) is 0 Å². The third kappa shape index (κ3) is 4.24. The van der Waals surface area contributed by atoms with Crippen molar-refractivity contribution < 1.29 is 24.2 Å². The predicted octanol–water partition coefficient (Wildman–Crippen LogP) is 5.13. The molecule has 0 radical (unpaired) electrons. The molecule has 0 spiro atoms.